The summed E-state index contributed by atoms with van der Waals surface area (Å²) in [5, 5.41) is 0.757. The molecule has 39 heavy (non-hydrogen) atoms. The highest BCUT2D eigenvalue weighted by atomic mass is 32.1. The molecule has 0 aliphatic carbocycles. The lowest BCUT2D eigenvalue weighted by molar-refractivity contribution is 0.103. The molecule has 0 bridgehead atoms. The van der Waals surface area contributed by atoms with Crippen LogP contribution in [0, 0.1) is 11.6 Å². The van der Waals surface area contributed by atoms with Crippen LogP contribution in [-0.4, -0.2) is 62.6 Å². The number of ketones is 1. The number of pyridine rings is 1. The third-order valence-electron chi connectivity index (χ3n) is 7.17. The minimum Gasteiger partial charge on any atom is -0.494 e. The van der Waals surface area contributed by atoms with Gasteiger partial charge in [0.1, 0.15) is 5.56 Å². The molecule has 1 aliphatic heterocycles. The van der Waals surface area contributed by atoms with Crippen LogP contribution in [0.2, 0.25) is 0 Å². The van der Waals surface area contributed by atoms with Crippen LogP contribution in [0.3, 0.4) is 0 Å². The first-order valence-corrected chi connectivity index (χ1v) is 13.5. The molecule has 4 aromatic rings. The van der Waals surface area contributed by atoms with Gasteiger partial charge < -0.3 is 25.0 Å². The number of fused-ring (bicyclic) bond motifs is 1. The molecule has 1 aliphatic rings. The van der Waals surface area contributed by atoms with E-state index in [2.05, 4.69) is 27.8 Å². The van der Waals surface area contributed by atoms with Crippen molar-refractivity contribution in [2.45, 2.75) is 13.3 Å². The number of anilines is 2. The standard InChI is InChI=1S/C29H30F2N4O3S/c1-4-34-7-9-35(10-8-34)20-6-5-17(21(32)14-20)11-19-12-18-13-24(39-25(18)16-33-19)29(36)26-27(30)22(37-2)15-23(38-3)28(26)31/h5-6,12-16H,4,7-11,32H2,1-3H3. The van der Waals surface area contributed by atoms with Crippen LogP contribution >= 0.6 is 11.3 Å². The largest absolute Gasteiger partial charge is 0.494 e. The van der Waals surface area contributed by atoms with Gasteiger partial charge in [0, 0.05) is 61.9 Å². The van der Waals surface area contributed by atoms with Crippen LogP contribution in [0.4, 0.5) is 20.2 Å². The quantitative estimate of drug-likeness (QED) is 0.240. The summed E-state index contributed by atoms with van der Waals surface area (Å²) in [4.78, 5) is 22.7. The number of nitrogens with two attached hydrogens (primary N) is 1. The molecule has 0 spiro atoms. The van der Waals surface area contributed by atoms with Crippen molar-refractivity contribution in [2.24, 2.45) is 0 Å². The van der Waals surface area contributed by atoms with Crippen molar-refractivity contribution in [1.29, 1.82) is 0 Å². The SMILES string of the molecule is CCN1CCN(c2ccc(Cc3cc4cc(C(=O)c5c(F)c(OC)cc(OC)c5F)sc4cn3)c(N)c2)CC1. The Balaban J connectivity index is 1.37. The number of carbonyl (C=O) groups excluding carboxylic acids is 1. The van der Waals surface area contributed by atoms with Crippen molar-refractivity contribution < 1.29 is 23.0 Å². The summed E-state index contributed by atoms with van der Waals surface area (Å²) < 4.78 is 40.5. The molecule has 7 nitrogen and oxygen atoms in total. The van der Waals surface area contributed by atoms with Gasteiger partial charge in [0.2, 0.25) is 5.78 Å². The topological polar surface area (TPSA) is 80.9 Å². The van der Waals surface area contributed by atoms with Crippen molar-refractivity contribution in [3.63, 3.8) is 0 Å². The van der Waals surface area contributed by atoms with Crippen LogP contribution < -0.4 is 20.1 Å². The second-order valence-electron chi connectivity index (χ2n) is 9.42. The predicted octanol–water partition coefficient (Wildman–Crippen LogP) is 5.14. The minimum atomic E-state index is -1.07. The molecule has 1 fully saturated rings. The Morgan fingerprint density at radius 3 is 2.33 bits per heavy atom. The second-order valence-corrected chi connectivity index (χ2v) is 10.5. The summed E-state index contributed by atoms with van der Waals surface area (Å²) in [6.45, 7) is 7.27. The van der Waals surface area contributed by atoms with E-state index in [1.807, 2.05) is 18.2 Å². The number of benzene rings is 2. The van der Waals surface area contributed by atoms with Crippen LogP contribution in [0.1, 0.15) is 33.4 Å². The molecule has 2 aromatic carbocycles. The average molecular weight is 553 g/mol. The molecule has 0 radical (unpaired) electrons. The number of carbonyl (C=O) groups is 1. The number of piperazine rings is 1. The molecular weight excluding hydrogens is 522 g/mol. The van der Waals surface area contributed by atoms with Crippen molar-refractivity contribution in [1.82, 2.24) is 9.88 Å². The third-order valence-corrected chi connectivity index (χ3v) is 8.26. The highest BCUT2D eigenvalue weighted by molar-refractivity contribution is 7.21. The van der Waals surface area contributed by atoms with E-state index in [1.165, 1.54) is 14.2 Å². The van der Waals surface area contributed by atoms with Gasteiger partial charge in [-0.25, -0.2) is 8.78 Å². The van der Waals surface area contributed by atoms with Crippen molar-refractivity contribution >= 4 is 38.6 Å². The first kappa shape index (κ1) is 26.8. The van der Waals surface area contributed by atoms with Crippen molar-refractivity contribution in [2.75, 3.05) is 57.6 Å². The number of hydrogen-bond acceptors (Lipinski definition) is 8. The summed E-state index contributed by atoms with van der Waals surface area (Å²) in [5.74, 6) is -3.46. The van der Waals surface area contributed by atoms with Crippen LogP contribution in [0.5, 0.6) is 11.5 Å². The molecule has 3 heterocycles. The normalized spacial score (nSPS) is 14.1. The molecule has 2 N–H and O–H groups in total. The first-order valence-electron chi connectivity index (χ1n) is 12.7. The summed E-state index contributed by atoms with van der Waals surface area (Å²) in [6, 6.07) is 10.7. The fraction of sp³-hybridized carbons (Fsp3) is 0.310. The summed E-state index contributed by atoms with van der Waals surface area (Å²) in [6.07, 6.45) is 2.18. The Morgan fingerprint density at radius 2 is 1.72 bits per heavy atom. The van der Waals surface area contributed by atoms with E-state index in [4.69, 9.17) is 15.2 Å². The highest BCUT2D eigenvalue weighted by Gasteiger charge is 2.27. The number of aromatic nitrogens is 1. The zero-order valence-electron chi connectivity index (χ0n) is 22.1. The van der Waals surface area contributed by atoms with Gasteiger partial charge >= 0.3 is 0 Å². The number of methoxy groups -OCH3 is 2. The van der Waals surface area contributed by atoms with Gasteiger partial charge in [0.25, 0.3) is 0 Å². The number of halogens is 2. The fourth-order valence-corrected chi connectivity index (χ4v) is 5.82. The number of thiophene rings is 1. The predicted molar refractivity (Wildman–Crippen MR) is 151 cm³/mol. The Labute approximate surface area is 229 Å². The number of hydrogen-bond donors (Lipinski definition) is 1. The number of nitrogen functional groups attached to an aromatic ring is 1. The maximum absolute atomic E-state index is 14.9. The first-order chi connectivity index (χ1) is 18.8. The zero-order valence-corrected chi connectivity index (χ0v) is 22.9. The van der Waals surface area contributed by atoms with Gasteiger partial charge in [0.15, 0.2) is 23.1 Å². The highest BCUT2D eigenvalue weighted by Crippen LogP contribution is 2.35. The number of likely N-dealkylation sites (N-methyl/N-ethyl adjacent to an activating group) is 1. The Kier molecular flexibility index (Phi) is 7.67. The van der Waals surface area contributed by atoms with E-state index in [1.54, 1.807) is 12.3 Å². The molecule has 2 aromatic heterocycles. The number of nitrogens with zero attached hydrogens (tertiary/aromatic N) is 3. The van der Waals surface area contributed by atoms with E-state index in [9.17, 15) is 13.6 Å². The maximum Gasteiger partial charge on any atom is 0.209 e. The number of rotatable bonds is 8. The van der Waals surface area contributed by atoms with E-state index >= 15 is 0 Å². The second kappa shape index (κ2) is 11.2. The van der Waals surface area contributed by atoms with Gasteiger partial charge in [-0.3, -0.25) is 9.78 Å². The van der Waals surface area contributed by atoms with E-state index < -0.39 is 23.0 Å². The molecule has 1 saturated heterocycles. The third kappa shape index (κ3) is 5.26. The minimum absolute atomic E-state index is 0.184. The Hall–Kier alpha value is -3.76. The lowest BCUT2D eigenvalue weighted by Crippen LogP contribution is -2.46. The molecular formula is C29H30F2N4O3S. The monoisotopic (exact) mass is 552 g/mol. The molecule has 5 rings (SSSR count). The molecule has 10 heteroatoms. The zero-order chi connectivity index (χ0) is 27.7. The van der Waals surface area contributed by atoms with E-state index in [-0.39, 0.29) is 16.4 Å². The van der Waals surface area contributed by atoms with Crippen molar-refractivity contribution in [3.8, 4) is 11.5 Å². The van der Waals surface area contributed by atoms with E-state index in [0.717, 1.165) is 77.2 Å². The average Bonchev–Trinajstić information content (AvgIpc) is 3.38. The van der Waals surface area contributed by atoms with Gasteiger partial charge in [-0.1, -0.05) is 13.0 Å². The lowest BCUT2D eigenvalue weighted by atomic mass is 10.0. The molecule has 0 unspecified atom stereocenters. The van der Waals surface area contributed by atoms with Crippen molar-refractivity contribution in [3.05, 3.63) is 75.9 Å². The Bertz CT molecular complexity index is 1500. The molecule has 0 atom stereocenters. The van der Waals surface area contributed by atoms with Gasteiger partial charge in [0.05, 0.1) is 23.8 Å². The molecule has 0 amide bonds. The number of ether oxygens (including phenoxy) is 2. The van der Waals surface area contributed by atoms with Gasteiger partial charge in [-0.05, 0) is 41.8 Å². The summed E-state index contributed by atoms with van der Waals surface area (Å²) in [7, 11) is 2.48. The summed E-state index contributed by atoms with van der Waals surface area (Å²) >= 11 is 1.12. The molecule has 204 valence electrons. The van der Waals surface area contributed by atoms with E-state index in [0.29, 0.717) is 12.1 Å². The molecule has 0 saturated carbocycles. The summed E-state index contributed by atoms with van der Waals surface area (Å²) in [5.41, 5.74) is 9.26. The van der Waals surface area contributed by atoms with Crippen LogP contribution in [-0.2, 0) is 6.42 Å². The fourth-order valence-electron chi connectivity index (χ4n) is 4.87. The van der Waals surface area contributed by atoms with Gasteiger partial charge in [-0.2, -0.15) is 0 Å². The maximum atomic E-state index is 14.9. The van der Waals surface area contributed by atoms with Gasteiger partial charge in [-0.15, -0.1) is 11.3 Å². The smallest absolute Gasteiger partial charge is 0.209 e. The Morgan fingerprint density at radius 1 is 1.03 bits per heavy atom. The lowest BCUT2D eigenvalue weighted by Gasteiger charge is -2.35. The van der Waals surface area contributed by atoms with Crippen LogP contribution in [0.25, 0.3) is 10.1 Å². The van der Waals surface area contributed by atoms with Crippen LogP contribution in [0.15, 0.2) is 42.6 Å².